The molecule has 0 radical (unpaired) electrons. The first kappa shape index (κ1) is 13.0. The fourth-order valence-corrected chi connectivity index (χ4v) is 3.06. The summed E-state index contributed by atoms with van der Waals surface area (Å²) < 4.78 is 6.86. The number of hydrogen-bond acceptors (Lipinski definition) is 4. The van der Waals surface area contributed by atoms with Gasteiger partial charge in [-0.25, -0.2) is 9.78 Å². The standard InChI is InChI=1S/C13H9ClN2O3S/c1-19-11-3-2-7(4-8(11)14)10-6-20-13-15-9(12(17)18)5-16(10)13/h2-6H,1H3,(H,17,18). The van der Waals surface area contributed by atoms with Gasteiger partial charge >= 0.3 is 5.97 Å². The van der Waals surface area contributed by atoms with E-state index in [1.165, 1.54) is 17.5 Å². The fraction of sp³-hybridized carbons (Fsp3) is 0.0769. The number of carboxylic acid groups (broad SMARTS) is 1. The number of aromatic carboxylic acids is 1. The van der Waals surface area contributed by atoms with Crippen molar-refractivity contribution in [2.24, 2.45) is 0 Å². The normalized spacial score (nSPS) is 10.9. The molecule has 2 aromatic heterocycles. The second kappa shape index (κ2) is 4.81. The molecule has 20 heavy (non-hydrogen) atoms. The molecule has 1 aromatic carbocycles. The summed E-state index contributed by atoms with van der Waals surface area (Å²) in [6.45, 7) is 0. The van der Waals surface area contributed by atoms with Gasteiger partial charge in [0.05, 0.1) is 17.8 Å². The first-order valence-corrected chi connectivity index (χ1v) is 6.89. The van der Waals surface area contributed by atoms with E-state index in [-0.39, 0.29) is 5.69 Å². The summed E-state index contributed by atoms with van der Waals surface area (Å²) >= 11 is 7.49. The number of thiazole rings is 1. The number of imidazole rings is 1. The topological polar surface area (TPSA) is 63.8 Å². The number of ether oxygens (including phenoxy) is 1. The number of fused-ring (bicyclic) bond motifs is 1. The molecule has 7 heteroatoms. The lowest BCUT2D eigenvalue weighted by molar-refractivity contribution is 0.0691. The van der Waals surface area contributed by atoms with E-state index in [9.17, 15) is 4.79 Å². The second-order valence-corrected chi connectivity index (χ2v) is 5.30. The second-order valence-electron chi connectivity index (χ2n) is 4.05. The zero-order chi connectivity index (χ0) is 14.3. The molecule has 3 aromatic rings. The summed E-state index contributed by atoms with van der Waals surface area (Å²) in [7, 11) is 1.55. The predicted molar refractivity (Wildman–Crippen MR) is 77.0 cm³/mol. The fourth-order valence-electron chi connectivity index (χ4n) is 1.92. The van der Waals surface area contributed by atoms with Crippen LogP contribution in [-0.4, -0.2) is 27.6 Å². The number of benzene rings is 1. The van der Waals surface area contributed by atoms with Crippen LogP contribution >= 0.6 is 22.9 Å². The van der Waals surface area contributed by atoms with Crippen LogP contribution in [0.4, 0.5) is 0 Å². The number of hydrogen-bond donors (Lipinski definition) is 1. The molecule has 0 saturated carbocycles. The minimum absolute atomic E-state index is 0.0257. The molecular formula is C13H9ClN2O3S. The number of aromatic nitrogens is 2. The van der Waals surface area contributed by atoms with E-state index in [2.05, 4.69) is 4.98 Å². The van der Waals surface area contributed by atoms with Gasteiger partial charge in [0.25, 0.3) is 0 Å². The number of carbonyl (C=O) groups is 1. The Hall–Kier alpha value is -2.05. The Labute approximate surface area is 123 Å². The third-order valence-electron chi connectivity index (χ3n) is 2.88. The van der Waals surface area contributed by atoms with Crippen molar-refractivity contribution in [3.8, 4) is 17.0 Å². The molecule has 0 fully saturated rings. The molecule has 102 valence electrons. The molecule has 0 amide bonds. The third kappa shape index (κ3) is 2.03. The summed E-state index contributed by atoms with van der Waals surface area (Å²) in [6, 6.07) is 5.42. The monoisotopic (exact) mass is 308 g/mol. The van der Waals surface area contributed by atoms with Gasteiger partial charge in [-0.3, -0.25) is 4.40 Å². The molecule has 0 aliphatic rings. The zero-order valence-electron chi connectivity index (χ0n) is 10.3. The molecule has 0 bridgehead atoms. The van der Waals surface area contributed by atoms with Gasteiger partial charge in [-0.2, -0.15) is 0 Å². The van der Waals surface area contributed by atoms with E-state index in [0.717, 1.165) is 11.3 Å². The highest BCUT2D eigenvalue weighted by molar-refractivity contribution is 7.15. The maximum absolute atomic E-state index is 10.9. The quantitative estimate of drug-likeness (QED) is 0.805. The Balaban J connectivity index is 2.14. The third-order valence-corrected chi connectivity index (χ3v) is 4.01. The van der Waals surface area contributed by atoms with Crippen LogP contribution in [0, 0.1) is 0 Å². The van der Waals surface area contributed by atoms with Crippen LogP contribution in [0.25, 0.3) is 16.2 Å². The van der Waals surface area contributed by atoms with Crippen molar-refractivity contribution in [2.75, 3.05) is 7.11 Å². The Morgan fingerprint density at radius 3 is 2.95 bits per heavy atom. The molecule has 3 rings (SSSR count). The Morgan fingerprint density at radius 1 is 1.50 bits per heavy atom. The van der Waals surface area contributed by atoms with Crippen molar-refractivity contribution in [3.05, 3.63) is 40.5 Å². The lowest BCUT2D eigenvalue weighted by atomic mass is 10.1. The van der Waals surface area contributed by atoms with E-state index >= 15 is 0 Å². The molecule has 0 saturated heterocycles. The summed E-state index contributed by atoms with van der Waals surface area (Å²) in [5, 5.41) is 11.4. The minimum Gasteiger partial charge on any atom is -0.495 e. The lowest BCUT2D eigenvalue weighted by Crippen LogP contribution is -1.95. The number of carboxylic acids is 1. The molecule has 0 aliphatic heterocycles. The molecule has 0 spiro atoms. The highest BCUT2D eigenvalue weighted by Crippen LogP contribution is 2.32. The van der Waals surface area contributed by atoms with Crippen LogP contribution in [0.1, 0.15) is 10.5 Å². The lowest BCUT2D eigenvalue weighted by Gasteiger charge is -2.05. The SMILES string of the molecule is COc1ccc(-c2csc3nc(C(=O)O)cn23)cc1Cl. The molecule has 2 heterocycles. The first-order chi connectivity index (χ1) is 9.60. The zero-order valence-corrected chi connectivity index (χ0v) is 11.9. The predicted octanol–water partition coefficient (Wildman–Crippen LogP) is 3.42. The highest BCUT2D eigenvalue weighted by Gasteiger charge is 2.14. The maximum atomic E-state index is 10.9. The van der Waals surface area contributed by atoms with Crippen molar-refractivity contribution in [1.82, 2.24) is 9.38 Å². The van der Waals surface area contributed by atoms with E-state index in [4.69, 9.17) is 21.4 Å². The minimum atomic E-state index is -1.04. The van der Waals surface area contributed by atoms with E-state index < -0.39 is 5.97 Å². The largest absolute Gasteiger partial charge is 0.495 e. The molecule has 0 atom stereocenters. The Morgan fingerprint density at radius 2 is 2.30 bits per heavy atom. The molecule has 0 aliphatic carbocycles. The van der Waals surface area contributed by atoms with Crippen molar-refractivity contribution >= 4 is 33.9 Å². The van der Waals surface area contributed by atoms with Gasteiger partial charge in [-0.1, -0.05) is 11.6 Å². The van der Waals surface area contributed by atoms with Crippen molar-refractivity contribution in [1.29, 1.82) is 0 Å². The van der Waals surface area contributed by atoms with Gasteiger partial charge in [-0.05, 0) is 18.2 Å². The van der Waals surface area contributed by atoms with Crippen LogP contribution in [0.5, 0.6) is 5.75 Å². The average Bonchev–Trinajstić information content (AvgIpc) is 2.98. The van der Waals surface area contributed by atoms with Gasteiger partial charge in [0.1, 0.15) is 5.75 Å². The molecule has 5 nitrogen and oxygen atoms in total. The van der Waals surface area contributed by atoms with Gasteiger partial charge in [0.15, 0.2) is 10.7 Å². The van der Waals surface area contributed by atoms with E-state index in [1.54, 1.807) is 23.6 Å². The summed E-state index contributed by atoms with van der Waals surface area (Å²) in [4.78, 5) is 15.6. The summed E-state index contributed by atoms with van der Waals surface area (Å²) in [5.74, 6) is -0.446. The van der Waals surface area contributed by atoms with Gasteiger partial charge in [-0.15, -0.1) is 11.3 Å². The van der Waals surface area contributed by atoms with Gasteiger partial charge in [0, 0.05) is 17.1 Å². The summed E-state index contributed by atoms with van der Waals surface area (Å²) in [5.41, 5.74) is 1.74. The van der Waals surface area contributed by atoms with Crippen LogP contribution in [0.3, 0.4) is 0 Å². The molecule has 0 unspecified atom stereocenters. The van der Waals surface area contributed by atoms with Gasteiger partial charge < -0.3 is 9.84 Å². The number of methoxy groups -OCH3 is 1. The summed E-state index contributed by atoms with van der Waals surface area (Å²) in [6.07, 6.45) is 1.50. The number of nitrogens with zero attached hydrogens (tertiary/aromatic N) is 2. The number of rotatable bonds is 3. The van der Waals surface area contributed by atoms with Crippen LogP contribution < -0.4 is 4.74 Å². The van der Waals surface area contributed by atoms with Crippen molar-refractivity contribution in [3.63, 3.8) is 0 Å². The average molecular weight is 309 g/mol. The van der Waals surface area contributed by atoms with Crippen LogP contribution in [-0.2, 0) is 0 Å². The van der Waals surface area contributed by atoms with Crippen molar-refractivity contribution in [2.45, 2.75) is 0 Å². The molecule has 1 N–H and O–H groups in total. The Bertz CT molecular complexity index is 809. The van der Waals surface area contributed by atoms with Crippen LogP contribution in [0.2, 0.25) is 5.02 Å². The van der Waals surface area contributed by atoms with Gasteiger partial charge in [0.2, 0.25) is 0 Å². The van der Waals surface area contributed by atoms with Crippen molar-refractivity contribution < 1.29 is 14.6 Å². The molecular weight excluding hydrogens is 300 g/mol. The smallest absolute Gasteiger partial charge is 0.356 e. The van der Waals surface area contributed by atoms with Crippen LogP contribution in [0.15, 0.2) is 29.8 Å². The Kier molecular flexibility index (Phi) is 3.11. The van der Waals surface area contributed by atoms with E-state index in [1.807, 2.05) is 11.4 Å². The van der Waals surface area contributed by atoms with E-state index in [0.29, 0.717) is 15.7 Å². The first-order valence-electron chi connectivity index (χ1n) is 5.64. The maximum Gasteiger partial charge on any atom is 0.356 e. The highest BCUT2D eigenvalue weighted by atomic mass is 35.5. The number of halogens is 1.